The number of para-hydroxylation sites is 1. The lowest BCUT2D eigenvalue weighted by Gasteiger charge is -2.29. The predicted molar refractivity (Wildman–Crippen MR) is 291 cm³/mol. The molecule has 68 heavy (non-hydrogen) atoms. The van der Waals surface area contributed by atoms with Crippen LogP contribution in [0.4, 0.5) is 34.1 Å². The normalized spacial score (nSPS) is 11.2. The Bertz CT molecular complexity index is 3150. The summed E-state index contributed by atoms with van der Waals surface area (Å²) in [5.74, 6) is 0. The van der Waals surface area contributed by atoms with E-state index in [4.69, 9.17) is 0 Å². The van der Waals surface area contributed by atoms with Crippen LogP contribution >= 0.6 is 0 Å². The molecule has 0 spiro atoms. The molecule has 2 heteroatoms. The van der Waals surface area contributed by atoms with Crippen molar-refractivity contribution in [1.82, 2.24) is 0 Å². The second-order valence-corrected chi connectivity index (χ2v) is 16.8. The quantitative estimate of drug-likeness (QED) is 0.100. The highest BCUT2D eigenvalue weighted by atomic mass is 15.1. The lowest BCUT2D eigenvalue weighted by molar-refractivity contribution is 1.23. The largest absolute Gasteiger partial charge is 0.311 e. The zero-order chi connectivity index (χ0) is 45.9. The molecule has 0 aliphatic heterocycles. The molecule has 0 amide bonds. The van der Waals surface area contributed by atoms with E-state index in [0.717, 1.165) is 51.7 Å². The molecule has 0 saturated carbocycles. The standard InChI is InChI=1S/C66H52N2/c1-2-3-4-10-29-58-48-64(68(62-42-34-54(35-43-62)51-23-13-6-14-24-51)63-44-36-55(37-45-63)52-25-15-7-16-26-52)49-65(56-27-17-8-18-28-56)66(58)57-38-46-61(47-39-57)67(59-30-19-9-20-31-59)60-40-32-53(33-41-60)50-21-11-5-12-22-50/h2-28,30-49H,29H2,1H3/b3-2-,10-4-. The average Bonchev–Trinajstić information content (AvgIpc) is 3.42. The summed E-state index contributed by atoms with van der Waals surface area (Å²) in [6, 6.07) is 94.0. The molecule has 2 nitrogen and oxygen atoms in total. The van der Waals surface area contributed by atoms with Crippen LogP contribution in [0.3, 0.4) is 0 Å². The molecule has 0 atom stereocenters. The Balaban J connectivity index is 1.11. The summed E-state index contributed by atoms with van der Waals surface area (Å²) in [7, 11) is 0. The van der Waals surface area contributed by atoms with Gasteiger partial charge < -0.3 is 9.80 Å². The van der Waals surface area contributed by atoms with Crippen LogP contribution in [0.1, 0.15) is 12.5 Å². The molecule has 0 N–H and O–H groups in total. The highest BCUT2D eigenvalue weighted by Crippen LogP contribution is 2.45. The fraction of sp³-hybridized carbons (Fsp3) is 0.0303. The topological polar surface area (TPSA) is 6.48 Å². The van der Waals surface area contributed by atoms with Crippen molar-refractivity contribution in [3.8, 4) is 55.6 Å². The van der Waals surface area contributed by atoms with Crippen molar-refractivity contribution in [2.24, 2.45) is 0 Å². The van der Waals surface area contributed by atoms with Crippen molar-refractivity contribution >= 4 is 34.1 Å². The maximum absolute atomic E-state index is 2.41. The second kappa shape index (κ2) is 20.6. The van der Waals surface area contributed by atoms with Gasteiger partial charge in [-0.15, -0.1) is 0 Å². The molecule has 0 radical (unpaired) electrons. The first-order chi connectivity index (χ1) is 33.7. The van der Waals surface area contributed by atoms with Crippen LogP contribution in [0.25, 0.3) is 55.6 Å². The molecule has 0 bridgehead atoms. The number of rotatable bonds is 14. The highest BCUT2D eigenvalue weighted by molar-refractivity contribution is 5.92. The molecule has 10 rings (SSSR count). The summed E-state index contributed by atoms with van der Waals surface area (Å²) in [4.78, 5) is 4.74. The van der Waals surface area contributed by atoms with E-state index in [1.165, 1.54) is 50.1 Å². The molecule has 326 valence electrons. The van der Waals surface area contributed by atoms with E-state index in [9.17, 15) is 0 Å². The van der Waals surface area contributed by atoms with E-state index in [1.54, 1.807) is 0 Å². The molecule has 0 unspecified atom stereocenters. The number of benzene rings is 10. The van der Waals surface area contributed by atoms with E-state index < -0.39 is 0 Å². The van der Waals surface area contributed by atoms with Gasteiger partial charge >= 0.3 is 0 Å². The molecule has 0 aromatic heterocycles. The lowest BCUT2D eigenvalue weighted by atomic mass is 9.88. The average molecular weight is 873 g/mol. The minimum absolute atomic E-state index is 0.743. The van der Waals surface area contributed by atoms with Crippen molar-refractivity contribution in [1.29, 1.82) is 0 Å². The van der Waals surface area contributed by atoms with Crippen molar-refractivity contribution < 1.29 is 0 Å². The maximum Gasteiger partial charge on any atom is 0.0471 e. The number of nitrogens with zero attached hydrogens (tertiary/aromatic N) is 2. The fourth-order valence-electron chi connectivity index (χ4n) is 9.10. The first-order valence-electron chi connectivity index (χ1n) is 23.4. The van der Waals surface area contributed by atoms with Gasteiger partial charge in [-0.05, 0) is 147 Å². The van der Waals surface area contributed by atoms with Crippen molar-refractivity contribution in [2.45, 2.75) is 13.3 Å². The van der Waals surface area contributed by atoms with Gasteiger partial charge in [-0.3, -0.25) is 0 Å². The minimum Gasteiger partial charge on any atom is -0.311 e. The zero-order valence-corrected chi connectivity index (χ0v) is 38.2. The van der Waals surface area contributed by atoms with E-state index in [1.807, 2.05) is 0 Å². The Labute approximate surface area is 401 Å². The van der Waals surface area contributed by atoms with Gasteiger partial charge in [-0.2, -0.15) is 0 Å². The Hall–Kier alpha value is -8.72. The van der Waals surface area contributed by atoms with Crippen molar-refractivity contribution in [3.63, 3.8) is 0 Å². The van der Waals surface area contributed by atoms with E-state index >= 15 is 0 Å². The first kappa shape index (κ1) is 43.2. The second-order valence-electron chi connectivity index (χ2n) is 16.8. The van der Waals surface area contributed by atoms with Crippen LogP contribution in [-0.4, -0.2) is 0 Å². The van der Waals surface area contributed by atoms with Gasteiger partial charge in [0.15, 0.2) is 0 Å². The zero-order valence-electron chi connectivity index (χ0n) is 38.2. The van der Waals surface area contributed by atoms with Crippen LogP contribution in [0.15, 0.2) is 285 Å². The summed E-state index contributed by atoms with van der Waals surface area (Å²) in [6.07, 6.45) is 9.36. The molecule has 0 aliphatic rings. The lowest BCUT2D eigenvalue weighted by Crippen LogP contribution is -2.11. The Morgan fingerprint density at radius 2 is 0.618 bits per heavy atom. The smallest absolute Gasteiger partial charge is 0.0471 e. The maximum atomic E-state index is 2.41. The van der Waals surface area contributed by atoms with Crippen LogP contribution < -0.4 is 9.80 Å². The SMILES string of the molecule is C/C=C\C=C/Cc1cc(N(c2ccc(-c3ccccc3)cc2)c2ccc(-c3ccccc3)cc2)cc(-c2ccccc2)c1-c1ccc(N(c2ccccc2)c2ccc(-c3ccccc3)cc2)cc1. The number of anilines is 6. The van der Waals surface area contributed by atoms with Gasteiger partial charge in [-0.1, -0.05) is 212 Å². The monoisotopic (exact) mass is 872 g/mol. The van der Waals surface area contributed by atoms with Crippen molar-refractivity contribution in [3.05, 3.63) is 291 Å². The Morgan fingerprint density at radius 1 is 0.294 bits per heavy atom. The van der Waals surface area contributed by atoms with Gasteiger partial charge in [0.05, 0.1) is 0 Å². The summed E-state index contributed by atoms with van der Waals surface area (Å²) in [5.41, 5.74) is 19.7. The summed E-state index contributed by atoms with van der Waals surface area (Å²) in [6.45, 7) is 2.06. The molecule has 10 aromatic carbocycles. The molecule has 0 fully saturated rings. The third-order valence-corrected chi connectivity index (χ3v) is 12.5. The van der Waals surface area contributed by atoms with Gasteiger partial charge in [-0.25, -0.2) is 0 Å². The van der Waals surface area contributed by atoms with Gasteiger partial charge in [0.2, 0.25) is 0 Å². The summed E-state index contributed by atoms with van der Waals surface area (Å²) >= 11 is 0. The van der Waals surface area contributed by atoms with Crippen LogP contribution in [0.5, 0.6) is 0 Å². The fourth-order valence-corrected chi connectivity index (χ4v) is 9.10. The summed E-state index contributed by atoms with van der Waals surface area (Å²) < 4.78 is 0. The molecular weight excluding hydrogens is 821 g/mol. The molecule has 10 aromatic rings. The third-order valence-electron chi connectivity index (χ3n) is 12.5. The molecule has 0 saturated heterocycles. The number of hydrogen-bond acceptors (Lipinski definition) is 2. The minimum atomic E-state index is 0.743. The Morgan fingerprint density at radius 3 is 1.01 bits per heavy atom. The van der Waals surface area contributed by atoms with Gasteiger partial charge in [0.1, 0.15) is 0 Å². The highest BCUT2D eigenvalue weighted by Gasteiger charge is 2.21. The molecule has 0 aliphatic carbocycles. The van der Waals surface area contributed by atoms with E-state index in [0.29, 0.717) is 0 Å². The first-order valence-corrected chi connectivity index (χ1v) is 23.4. The van der Waals surface area contributed by atoms with Gasteiger partial charge in [0, 0.05) is 34.1 Å². The van der Waals surface area contributed by atoms with Gasteiger partial charge in [0.25, 0.3) is 0 Å². The summed E-state index contributed by atoms with van der Waals surface area (Å²) in [5, 5.41) is 0. The predicted octanol–water partition coefficient (Wildman–Crippen LogP) is 18.6. The molecule has 0 heterocycles. The Kier molecular flexibility index (Phi) is 13.1. The van der Waals surface area contributed by atoms with Crippen molar-refractivity contribution in [2.75, 3.05) is 9.80 Å². The van der Waals surface area contributed by atoms with E-state index in [2.05, 4.69) is 302 Å². The number of allylic oxidation sites excluding steroid dienone is 4. The van der Waals surface area contributed by atoms with E-state index in [-0.39, 0.29) is 0 Å². The van der Waals surface area contributed by atoms with Crippen LogP contribution in [0.2, 0.25) is 0 Å². The third kappa shape index (κ3) is 9.63. The van der Waals surface area contributed by atoms with Crippen LogP contribution in [0, 0.1) is 0 Å². The molecular formula is C66H52N2. The number of hydrogen-bond donors (Lipinski definition) is 0. The van der Waals surface area contributed by atoms with Crippen LogP contribution in [-0.2, 0) is 6.42 Å².